The van der Waals surface area contributed by atoms with E-state index in [0.29, 0.717) is 0 Å². The van der Waals surface area contributed by atoms with Crippen molar-refractivity contribution < 1.29 is 15.5 Å². The predicted octanol–water partition coefficient (Wildman–Crippen LogP) is -1.55. The lowest BCUT2D eigenvalue weighted by Crippen LogP contribution is -2.30. The van der Waals surface area contributed by atoms with Crippen LogP contribution in [0.1, 0.15) is 15.6 Å². The number of hydrogen-bond acceptors (Lipinski definition) is 3. The third-order valence-electron chi connectivity index (χ3n) is 0.980. The van der Waals surface area contributed by atoms with Crippen LogP contribution < -0.4 is 17.2 Å². The van der Waals surface area contributed by atoms with Crippen LogP contribution in [0, 0.1) is 0 Å². The fraction of sp³-hybridized carbons (Fsp3) is 0.667. The van der Waals surface area contributed by atoms with E-state index in [1.54, 1.807) is 0 Å². The lowest BCUT2D eigenvalue weighted by molar-refractivity contribution is -0.138. The molecule has 6 heteroatoms. The Kier molecular flexibility index (Phi) is 2.40. The Morgan fingerprint density at radius 3 is 2.92 bits per heavy atom. The van der Waals surface area contributed by atoms with Gasteiger partial charge in [0, 0.05) is 7.92 Å². The van der Waals surface area contributed by atoms with Crippen molar-refractivity contribution in [2.24, 2.45) is 22.2 Å². The Morgan fingerprint density at radius 2 is 2.50 bits per heavy atom. The van der Waals surface area contributed by atoms with Crippen LogP contribution in [0.5, 0.6) is 0 Å². The first kappa shape index (κ1) is 5.36. The average molecular weight is 178 g/mol. The van der Waals surface area contributed by atoms with Crippen LogP contribution in [0.25, 0.3) is 0 Å². The molecule has 12 heavy (non-hydrogen) atoms. The fourth-order valence-electron chi connectivity index (χ4n) is 0.482. The van der Waals surface area contributed by atoms with Crippen LogP contribution in [0.2, 0.25) is 2.82 Å². The van der Waals surface area contributed by atoms with Crippen LogP contribution in [-0.2, 0) is 4.79 Å². The molecule has 0 aromatic rings. The Morgan fingerprint density at radius 1 is 1.83 bits per heavy atom. The Hall–Kier alpha value is -1.30. The number of carbonyl (C=O) groups is 1. The number of carboxylic acid groups (broad SMARTS) is 1. The highest BCUT2D eigenvalue weighted by molar-refractivity contribution is 5.75. The second-order valence-electron chi connectivity index (χ2n) is 1.99. The lowest BCUT2D eigenvalue weighted by atomic mass is 10.2. The highest BCUT2D eigenvalue weighted by Gasteiger charge is 2.09. The fourth-order valence-corrected chi connectivity index (χ4v) is 0.482. The number of nitrogens with two attached hydrogens (primary N) is 3. The molecule has 2 atom stereocenters. The maximum atomic E-state index is 10.7. The van der Waals surface area contributed by atoms with Gasteiger partial charge in [-0.15, -0.1) is 0 Å². The number of rotatable bonds is 6. The topological polar surface area (TPSA) is 128 Å². The van der Waals surface area contributed by atoms with Gasteiger partial charge in [-0.25, -0.2) is 0 Å². The van der Waals surface area contributed by atoms with Crippen LogP contribution >= 0.6 is 0 Å². The van der Waals surface area contributed by atoms with Gasteiger partial charge in [-0.1, -0.05) is 0 Å². The Labute approximate surface area is 76.2 Å². The first-order chi connectivity index (χ1) is 7.22. The van der Waals surface area contributed by atoms with Gasteiger partial charge in [0.05, 0.1) is 1.37 Å². The Balaban J connectivity index is 4.59. The molecule has 0 aliphatic heterocycles. The second-order valence-corrected chi connectivity index (χ2v) is 1.99. The molecule has 0 radical (unpaired) electrons. The summed E-state index contributed by atoms with van der Waals surface area (Å²) in [5.74, 6) is -1.94. The lowest BCUT2D eigenvalue weighted by Gasteiger charge is -2.03. The van der Waals surface area contributed by atoms with Crippen LogP contribution in [-0.4, -0.2) is 29.6 Å². The minimum atomic E-state index is -2.65. The van der Waals surface area contributed by atoms with Gasteiger partial charge >= 0.3 is 5.97 Å². The van der Waals surface area contributed by atoms with E-state index in [2.05, 4.69) is 4.99 Å². The zero-order valence-electron chi connectivity index (χ0n) is 10.4. The van der Waals surface area contributed by atoms with Gasteiger partial charge < -0.3 is 22.3 Å². The summed E-state index contributed by atoms with van der Waals surface area (Å²) in [7, 11) is 0. The van der Waals surface area contributed by atoms with Crippen molar-refractivity contribution in [1.29, 1.82) is 0 Å². The highest BCUT2D eigenvalue weighted by atomic mass is 16.4. The van der Waals surface area contributed by atoms with E-state index in [-0.39, 0.29) is 24.6 Å². The van der Waals surface area contributed by atoms with Crippen molar-refractivity contribution >= 4 is 11.9 Å². The van der Waals surface area contributed by atoms with E-state index in [4.69, 9.17) is 22.1 Å². The number of guanidine groups is 1. The average Bonchev–Trinajstić information content (AvgIpc) is 2.14. The van der Waals surface area contributed by atoms with E-state index in [0.717, 1.165) is 0 Å². The summed E-state index contributed by atoms with van der Waals surface area (Å²) in [6.07, 6.45) is -1.65. The molecular weight excluding hydrogens is 160 g/mol. The van der Waals surface area contributed by atoms with E-state index < -0.39 is 18.4 Å². The first-order valence-electron chi connectivity index (χ1n) is 5.19. The van der Waals surface area contributed by atoms with Gasteiger partial charge in [-0.3, -0.25) is 9.79 Å². The molecule has 0 heterocycles. The summed E-state index contributed by atoms with van der Waals surface area (Å²) in [6, 6.07) is -2.65. The molecule has 0 aliphatic rings. The van der Waals surface area contributed by atoms with E-state index in [1.165, 1.54) is 0 Å². The van der Waals surface area contributed by atoms with Crippen molar-refractivity contribution in [3.8, 4) is 0 Å². The van der Waals surface area contributed by atoms with Gasteiger partial charge in [0.15, 0.2) is 5.96 Å². The molecule has 0 spiro atoms. The van der Waals surface area contributed by atoms with Gasteiger partial charge in [0.1, 0.15) is 8.84 Å². The predicted molar refractivity (Wildman–Crippen MR) is 45.5 cm³/mol. The molecule has 0 rings (SSSR count). The molecule has 0 aromatic heterocycles. The van der Waals surface area contributed by atoms with Crippen molar-refractivity contribution in [1.82, 2.24) is 0 Å². The number of nitrogens with zero attached hydrogens (tertiary/aromatic N) is 1. The van der Waals surface area contributed by atoms with Gasteiger partial charge in [0.25, 0.3) is 0 Å². The minimum absolute atomic E-state index is 0.0295. The third-order valence-corrected chi connectivity index (χ3v) is 0.980. The molecule has 0 aliphatic carbocycles. The molecule has 7 N–H and O–H groups in total. The smallest absolute Gasteiger partial charge is 0.320 e. The van der Waals surface area contributed by atoms with E-state index in [1.807, 2.05) is 0 Å². The number of aliphatic carboxylic acids is 1. The summed E-state index contributed by atoms with van der Waals surface area (Å²) in [5, 5.41) is 8.71. The second kappa shape index (κ2) is 5.36. The van der Waals surface area contributed by atoms with E-state index >= 15 is 0 Å². The molecule has 0 bridgehead atoms. The van der Waals surface area contributed by atoms with Gasteiger partial charge in [-0.05, 0) is 12.8 Å². The third kappa shape index (κ3) is 5.48. The zero-order valence-corrected chi connectivity index (χ0v) is 6.40. The summed E-state index contributed by atoms with van der Waals surface area (Å²) in [6.45, 7) is -0.0295. The van der Waals surface area contributed by atoms with Gasteiger partial charge in [0.2, 0.25) is 0 Å². The van der Waals surface area contributed by atoms with Crippen LogP contribution in [0.3, 0.4) is 0 Å². The molecule has 0 aromatic carbocycles. The molecule has 0 amide bonds. The Bertz CT molecular complexity index is 284. The molecule has 0 saturated heterocycles. The van der Waals surface area contributed by atoms with Crippen LogP contribution in [0.15, 0.2) is 4.99 Å². The minimum Gasteiger partial charge on any atom is -0.480 e. The standard InChI is InChI=1S/C6H14N4O2/c7-4(5(11)12)2-1-3-10-6(8)9/h4H,1-3,7H2,(H,11,12)(H4,8,9,10)/t4-/m0/s1/i2D,4D/hD2/t2?,4-. The van der Waals surface area contributed by atoms with Crippen molar-refractivity contribution in [3.63, 3.8) is 0 Å². The van der Waals surface area contributed by atoms with Crippen molar-refractivity contribution in [2.45, 2.75) is 18.8 Å². The molecule has 0 fully saturated rings. The quantitative estimate of drug-likeness (QED) is 0.289. The van der Waals surface area contributed by atoms with Crippen molar-refractivity contribution in [2.75, 3.05) is 6.54 Å². The summed E-state index contributed by atoms with van der Waals surface area (Å²) >= 11 is 0. The summed E-state index contributed by atoms with van der Waals surface area (Å²) < 4.78 is 28.5. The molecule has 1 unspecified atom stereocenters. The number of hydrogen-bond donors (Lipinski definition) is 4. The molecule has 70 valence electrons. The molecule has 6 nitrogen and oxygen atoms in total. The molecule has 0 saturated carbocycles. The van der Waals surface area contributed by atoms with E-state index in [9.17, 15) is 4.79 Å². The SMILES string of the molecule is [2H]C(CCN=C(N)N)[C@@]([2H])(C(=O)O)N([2H])[2H]. The number of carboxylic acids is 1. The largest absolute Gasteiger partial charge is 0.480 e. The van der Waals surface area contributed by atoms with Gasteiger partial charge in [-0.2, -0.15) is 0 Å². The van der Waals surface area contributed by atoms with Crippen molar-refractivity contribution in [3.05, 3.63) is 0 Å². The highest BCUT2D eigenvalue weighted by Crippen LogP contribution is 1.94. The summed E-state index contributed by atoms with van der Waals surface area (Å²) in [5.41, 5.74) is 9.74. The zero-order chi connectivity index (χ0) is 12.9. The summed E-state index contributed by atoms with van der Waals surface area (Å²) in [4.78, 5) is 14.3. The monoisotopic (exact) mass is 178 g/mol. The molecular formula is C6H14N4O2. The maximum absolute atomic E-state index is 10.7. The number of aliphatic imine (C=N–C) groups is 1. The maximum Gasteiger partial charge on any atom is 0.320 e. The first-order valence-corrected chi connectivity index (χ1v) is 3.22. The normalized spacial score (nSPS) is 22.4. The van der Waals surface area contributed by atoms with Crippen LogP contribution in [0.4, 0.5) is 0 Å².